The molecule has 0 unspecified atom stereocenters. The minimum atomic E-state index is -0.0316. The Bertz CT molecular complexity index is 692. The summed E-state index contributed by atoms with van der Waals surface area (Å²) in [5.41, 5.74) is 0.959. The molecule has 128 valence electrons. The summed E-state index contributed by atoms with van der Waals surface area (Å²) in [6.45, 7) is 2.88. The van der Waals surface area contributed by atoms with E-state index < -0.39 is 0 Å². The summed E-state index contributed by atoms with van der Waals surface area (Å²) in [6, 6.07) is 7.94. The van der Waals surface area contributed by atoms with Gasteiger partial charge >= 0.3 is 0 Å². The molecule has 0 spiro atoms. The van der Waals surface area contributed by atoms with E-state index in [4.69, 9.17) is 4.74 Å². The van der Waals surface area contributed by atoms with Crippen molar-refractivity contribution in [3.8, 4) is 0 Å². The molecule has 0 saturated carbocycles. The van der Waals surface area contributed by atoms with Crippen LogP contribution in [0.1, 0.15) is 17.8 Å². The predicted molar refractivity (Wildman–Crippen MR) is 92.7 cm³/mol. The Labute approximate surface area is 145 Å². The number of hydrogen-bond donors (Lipinski definition) is 0. The number of para-hydroxylation sites is 1. The molecule has 2 aromatic rings. The first kappa shape index (κ1) is 16.9. The smallest absolute Gasteiger partial charge is 0.223 e. The van der Waals surface area contributed by atoms with Gasteiger partial charge in [0, 0.05) is 33.0 Å². The maximum Gasteiger partial charge on any atom is 0.223 e. The number of nitrogens with zero attached hydrogens (tertiary/aromatic N) is 3. The molecule has 6 nitrogen and oxygen atoms in total. The first-order valence-corrected chi connectivity index (χ1v) is 8.89. The van der Waals surface area contributed by atoms with Crippen LogP contribution in [0.4, 0.5) is 0 Å². The van der Waals surface area contributed by atoms with Crippen LogP contribution >= 0.6 is 11.3 Å². The Morgan fingerprint density at radius 1 is 1.25 bits per heavy atom. The van der Waals surface area contributed by atoms with E-state index in [-0.39, 0.29) is 24.7 Å². The van der Waals surface area contributed by atoms with Crippen molar-refractivity contribution in [2.24, 2.45) is 0 Å². The van der Waals surface area contributed by atoms with Gasteiger partial charge in [0.2, 0.25) is 11.8 Å². The molecule has 1 saturated heterocycles. The van der Waals surface area contributed by atoms with Crippen LogP contribution in [0.25, 0.3) is 10.2 Å². The standard InChI is InChI=1S/C17H21N3O3S/c1-19(12-15-18-13-4-2-3-5-14(13)24-15)16(21)6-7-17(22)20-8-10-23-11-9-20/h2-5H,6-12H2,1H3. The lowest BCUT2D eigenvalue weighted by molar-refractivity contribution is -0.139. The number of carbonyl (C=O) groups is 2. The highest BCUT2D eigenvalue weighted by molar-refractivity contribution is 7.18. The van der Waals surface area contributed by atoms with Crippen molar-refractivity contribution in [3.05, 3.63) is 29.3 Å². The summed E-state index contributed by atoms with van der Waals surface area (Å²) in [5.74, 6) is -0.00379. The number of thiazole rings is 1. The molecule has 1 aliphatic rings. The Morgan fingerprint density at radius 3 is 2.75 bits per heavy atom. The lowest BCUT2D eigenvalue weighted by Gasteiger charge is -2.27. The van der Waals surface area contributed by atoms with Gasteiger partial charge in [-0.2, -0.15) is 0 Å². The van der Waals surface area contributed by atoms with Gasteiger partial charge in [0.25, 0.3) is 0 Å². The van der Waals surface area contributed by atoms with Crippen LogP contribution in [0.3, 0.4) is 0 Å². The molecule has 2 amide bonds. The van der Waals surface area contributed by atoms with E-state index in [1.54, 1.807) is 28.2 Å². The van der Waals surface area contributed by atoms with E-state index in [2.05, 4.69) is 4.98 Å². The zero-order chi connectivity index (χ0) is 16.9. The van der Waals surface area contributed by atoms with E-state index >= 15 is 0 Å². The number of rotatable bonds is 5. The van der Waals surface area contributed by atoms with E-state index in [0.29, 0.717) is 32.8 Å². The maximum atomic E-state index is 12.3. The second-order valence-electron chi connectivity index (χ2n) is 5.82. The first-order chi connectivity index (χ1) is 11.6. The SMILES string of the molecule is CN(Cc1nc2ccccc2s1)C(=O)CCC(=O)N1CCOCC1. The fourth-order valence-electron chi connectivity index (χ4n) is 2.65. The number of fused-ring (bicyclic) bond motifs is 1. The molecule has 1 aromatic carbocycles. The molecule has 0 bridgehead atoms. The Balaban J connectivity index is 1.50. The molecule has 1 fully saturated rings. The molecule has 0 atom stereocenters. The largest absolute Gasteiger partial charge is 0.378 e. The summed E-state index contributed by atoms with van der Waals surface area (Å²) in [6.07, 6.45) is 0.487. The number of carbonyl (C=O) groups excluding carboxylic acids is 2. The molecule has 3 rings (SSSR count). The average Bonchev–Trinajstić information content (AvgIpc) is 3.02. The van der Waals surface area contributed by atoms with Crippen LogP contribution < -0.4 is 0 Å². The zero-order valence-electron chi connectivity index (χ0n) is 13.7. The van der Waals surface area contributed by atoms with Crippen molar-refractivity contribution in [2.45, 2.75) is 19.4 Å². The van der Waals surface area contributed by atoms with Crippen molar-refractivity contribution < 1.29 is 14.3 Å². The van der Waals surface area contributed by atoms with Crippen molar-refractivity contribution in [1.29, 1.82) is 0 Å². The second kappa shape index (κ2) is 7.72. The highest BCUT2D eigenvalue weighted by Gasteiger charge is 2.19. The fourth-order valence-corrected chi connectivity index (χ4v) is 3.68. The van der Waals surface area contributed by atoms with Gasteiger partial charge in [0.05, 0.1) is 30.0 Å². The van der Waals surface area contributed by atoms with Crippen LogP contribution in [-0.4, -0.2) is 59.9 Å². The van der Waals surface area contributed by atoms with Crippen LogP contribution in [0.5, 0.6) is 0 Å². The van der Waals surface area contributed by atoms with Gasteiger partial charge in [0.1, 0.15) is 5.01 Å². The van der Waals surface area contributed by atoms with Gasteiger partial charge in [0.15, 0.2) is 0 Å². The second-order valence-corrected chi connectivity index (χ2v) is 6.93. The van der Waals surface area contributed by atoms with Gasteiger partial charge in [-0.05, 0) is 12.1 Å². The third-order valence-electron chi connectivity index (χ3n) is 4.05. The summed E-state index contributed by atoms with van der Waals surface area (Å²) in [4.78, 5) is 32.3. The van der Waals surface area contributed by atoms with E-state index in [0.717, 1.165) is 15.2 Å². The number of morpholine rings is 1. The van der Waals surface area contributed by atoms with Crippen LogP contribution in [-0.2, 0) is 20.9 Å². The Hall–Kier alpha value is -1.99. The maximum absolute atomic E-state index is 12.3. The molecule has 0 aliphatic carbocycles. The van der Waals surface area contributed by atoms with Crippen molar-refractivity contribution in [1.82, 2.24) is 14.8 Å². The topological polar surface area (TPSA) is 62.7 Å². The zero-order valence-corrected chi connectivity index (χ0v) is 14.6. The van der Waals surface area contributed by atoms with Crippen molar-refractivity contribution >= 4 is 33.4 Å². The minimum Gasteiger partial charge on any atom is -0.378 e. The van der Waals surface area contributed by atoms with Crippen molar-refractivity contribution in [3.63, 3.8) is 0 Å². The first-order valence-electron chi connectivity index (χ1n) is 8.07. The Kier molecular flexibility index (Phi) is 5.42. The Morgan fingerprint density at radius 2 is 2.00 bits per heavy atom. The van der Waals surface area contributed by atoms with Gasteiger partial charge in [-0.25, -0.2) is 4.98 Å². The number of amides is 2. The fraction of sp³-hybridized carbons (Fsp3) is 0.471. The van der Waals surface area contributed by atoms with Crippen LogP contribution in [0, 0.1) is 0 Å². The van der Waals surface area contributed by atoms with E-state index in [1.165, 1.54) is 0 Å². The summed E-state index contributed by atoms with van der Waals surface area (Å²) < 4.78 is 6.35. The van der Waals surface area contributed by atoms with Crippen LogP contribution in [0.2, 0.25) is 0 Å². The molecular weight excluding hydrogens is 326 g/mol. The summed E-state index contributed by atoms with van der Waals surface area (Å²) in [5, 5.41) is 0.909. The lowest BCUT2D eigenvalue weighted by atomic mass is 10.2. The average molecular weight is 347 g/mol. The third kappa shape index (κ3) is 4.10. The molecule has 2 heterocycles. The quantitative estimate of drug-likeness (QED) is 0.829. The molecule has 24 heavy (non-hydrogen) atoms. The molecule has 1 aromatic heterocycles. The number of benzene rings is 1. The third-order valence-corrected chi connectivity index (χ3v) is 5.07. The summed E-state index contributed by atoms with van der Waals surface area (Å²) in [7, 11) is 1.76. The highest BCUT2D eigenvalue weighted by Crippen LogP contribution is 2.22. The van der Waals surface area contributed by atoms with E-state index in [1.807, 2.05) is 24.3 Å². The van der Waals surface area contributed by atoms with Gasteiger partial charge in [-0.3, -0.25) is 9.59 Å². The van der Waals surface area contributed by atoms with Gasteiger partial charge in [-0.15, -0.1) is 11.3 Å². The van der Waals surface area contributed by atoms with E-state index in [9.17, 15) is 9.59 Å². The molecule has 1 aliphatic heterocycles. The molecule has 0 radical (unpaired) electrons. The molecular formula is C17H21N3O3S. The molecule has 0 N–H and O–H groups in total. The summed E-state index contributed by atoms with van der Waals surface area (Å²) >= 11 is 1.60. The predicted octanol–water partition coefficient (Wildman–Crippen LogP) is 1.89. The van der Waals surface area contributed by atoms with Crippen molar-refractivity contribution in [2.75, 3.05) is 33.4 Å². The monoisotopic (exact) mass is 347 g/mol. The number of aromatic nitrogens is 1. The normalized spacial score (nSPS) is 14.8. The van der Waals surface area contributed by atoms with Gasteiger partial charge in [-0.1, -0.05) is 12.1 Å². The lowest BCUT2D eigenvalue weighted by Crippen LogP contribution is -2.41. The van der Waals surface area contributed by atoms with Crippen LogP contribution in [0.15, 0.2) is 24.3 Å². The molecule has 7 heteroatoms. The minimum absolute atomic E-state index is 0.0278. The number of hydrogen-bond acceptors (Lipinski definition) is 5. The van der Waals surface area contributed by atoms with Gasteiger partial charge < -0.3 is 14.5 Å². The number of ether oxygens (including phenoxy) is 1. The highest BCUT2D eigenvalue weighted by atomic mass is 32.1.